The zero-order chi connectivity index (χ0) is 29.8. The topological polar surface area (TPSA) is 181 Å². The van der Waals surface area contributed by atoms with Crippen molar-refractivity contribution < 1.29 is 28.3 Å². The fraction of sp³-hybridized carbons (Fsp3) is 0.500. The van der Waals surface area contributed by atoms with Gasteiger partial charge in [-0.2, -0.15) is 15.0 Å². The largest absolute Gasteiger partial charge is 0.457 e. The molecule has 0 aromatic carbocycles. The Balaban J connectivity index is 1.35. The van der Waals surface area contributed by atoms with E-state index in [0.29, 0.717) is 41.7 Å². The van der Waals surface area contributed by atoms with Crippen LogP contribution < -0.4 is 10.6 Å². The third-order valence-corrected chi connectivity index (χ3v) is 7.67. The van der Waals surface area contributed by atoms with Crippen LogP contribution in [0.3, 0.4) is 0 Å². The van der Waals surface area contributed by atoms with Crippen LogP contribution in [0.4, 0.5) is 11.8 Å². The number of carbonyl (C=O) groups is 2. The molecular weight excluding hydrogens is 558 g/mol. The second kappa shape index (κ2) is 12.7. The number of fused-ring (bicyclic) bond motifs is 1. The summed E-state index contributed by atoms with van der Waals surface area (Å²) in [6.07, 6.45) is 3.57. The summed E-state index contributed by atoms with van der Waals surface area (Å²) in [5, 5.41) is 10.8. The van der Waals surface area contributed by atoms with Crippen LogP contribution in [-0.4, -0.2) is 72.4 Å². The SMILES string of the molecule is CCC(CC)Nc1nc(NCCc2ccccn2)nc2c1ncn2[C@@H]1O[C@H](c2nc(C3CC3)no2)[C@@H](OC=O)[C@H]1OC=O. The zero-order valence-electron chi connectivity index (χ0n) is 23.8. The second-order valence-electron chi connectivity index (χ2n) is 10.5. The fourth-order valence-corrected chi connectivity index (χ4v) is 5.17. The summed E-state index contributed by atoms with van der Waals surface area (Å²) in [5.41, 5.74) is 1.85. The molecule has 226 valence electrons. The Labute approximate surface area is 246 Å². The lowest BCUT2D eigenvalue weighted by molar-refractivity contribution is -0.151. The monoisotopic (exact) mass is 591 g/mol. The van der Waals surface area contributed by atoms with Crippen LogP contribution in [0.15, 0.2) is 35.2 Å². The summed E-state index contributed by atoms with van der Waals surface area (Å²) in [4.78, 5) is 46.1. The van der Waals surface area contributed by atoms with Gasteiger partial charge in [0.05, 0.1) is 6.33 Å². The molecule has 4 aromatic heterocycles. The molecule has 1 aliphatic carbocycles. The number of pyridine rings is 1. The minimum absolute atomic E-state index is 0.128. The van der Waals surface area contributed by atoms with Gasteiger partial charge < -0.3 is 29.4 Å². The Morgan fingerprint density at radius 1 is 1.07 bits per heavy atom. The van der Waals surface area contributed by atoms with Crippen molar-refractivity contribution in [1.82, 2.24) is 34.6 Å². The molecule has 4 atom stereocenters. The van der Waals surface area contributed by atoms with Crippen molar-refractivity contribution in [1.29, 1.82) is 0 Å². The van der Waals surface area contributed by atoms with E-state index in [1.54, 1.807) is 10.8 Å². The van der Waals surface area contributed by atoms with Crippen molar-refractivity contribution in [3.8, 4) is 0 Å². The number of carbonyl (C=O) groups excluding carboxylic acids is 2. The molecule has 0 unspecified atom stereocenters. The summed E-state index contributed by atoms with van der Waals surface area (Å²) in [6, 6.07) is 5.93. The number of hydrogen-bond donors (Lipinski definition) is 2. The third-order valence-electron chi connectivity index (χ3n) is 7.67. The Morgan fingerprint density at radius 3 is 2.60 bits per heavy atom. The van der Waals surface area contributed by atoms with Gasteiger partial charge in [0.1, 0.15) is 0 Å². The first-order chi connectivity index (χ1) is 21.1. The van der Waals surface area contributed by atoms with E-state index in [0.717, 1.165) is 31.4 Å². The maximum absolute atomic E-state index is 11.6. The molecule has 0 spiro atoms. The van der Waals surface area contributed by atoms with Crippen molar-refractivity contribution in [2.24, 2.45) is 0 Å². The van der Waals surface area contributed by atoms with Crippen LogP contribution in [0.5, 0.6) is 0 Å². The molecule has 1 aliphatic heterocycles. The number of hydrogen-bond acceptors (Lipinski definition) is 14. The average Bonchev–Trinajstić information content (AvgIpc) is 3.44. The molecule has 43 heavy (non-hydrogen) atoms. The number of aromatic nitrogens is 7. The molecule has 6 rings (SSSR count). The third kappa shape index (κ3) is 5.98. The molecule has 15 nitrogen and oxygen atoms in total. The van der Waals surface area contributed by atoms with Crippen LogP contribution in [-0.2, 0) is 30.2 Å². The van der Waals surface area contributed by atoms with Crippen molar-refractivity contribution in [2.75, 3.05) is 17.2 Å². The van der Waals surface area contributed by atoms with Crippen molar-refractivity contribution in [3.63, 3.8) is 0 Å². The minimum Gasteiger partial charge on any atom is -0.457 e. The molecule has 1 saturated carbocycles. The van der Waals surface area contributed by atoms with Gasteiger partial charge in [-0.3, -0.25) is 19.1 Å². The normalized spacial score (nSPS) is 21.7. The van der Waals surface area contributed by atoms with E-state index < -0.39 is 24.5 Å². The second-order valence-corrected chi connectivity index (χ2v) is 10.5. The standard InChI is InChI=1S/C28H33N9O6/c1-3-17(4-2)32-24-19-25(35-28(34-24)30-12-10-18-7-5-6-11-29-18)37(13-31-19)27-22(41-15-39)20(40-14-38)21(42-27)26-33-23(36-43-26)16-8-9-16/h5-7,11,13-17,20-22,27H,3-4,8-10,12H2,1-2H3,(H2,30,32,34,35)/t20-,21+,22-,27-/m1/s1. The number of ether oxygens (including phenoxy) is 3. The van der Waals surface area contributed by atoms with Gasteiger partial charge in [-0.05, 0) is 37.8 Å². The number of nitrogens with zero attached hydrogens (tertiary/aromatic N) is 7. The molecule has 5 heterocycles. The maximum atomic E-state index is 11.6. The number of imidazole rings is 1. The smallest absolute Gasteiger partial charge is 0.293 e. The van der Waals surface area contributed by atoms with Crippen LogP contribution >= 0.6 is 0 Å². The van der Waals surface area contributed by atoms with Crippen LogP contribution in [0.2, 0.25) is 0 Å². The minimum atomic E-state index is -1.06. The Bertz CT molecular complexity index is 1540. The van der Waals surface area contributed by atoms with Crippen LogP contribution in [0, 0.1) is 0 Å². The van der Waals surface area contributed by atoms with Crippen LogP contribution in [0.1, 0.15) is 75.2 Å². The lowest BCUT2D eigenvalue weighted by Gasteiger charge is -2.21. The molecule has 0 radical (unpaired) electrons. The summed E-state index contributed by atoms with van der Waals surface area (Å²) in [5.74, 6) is 1.85. The molecule has 4 aromatic rings. The number of rotatable bonds is 15. The van der Waals surface area contributed by atoms with Gasteiger partial charge in [-0.1, -0.05) is 25.1 Å². The fourth-order valence-electron chi connectivity index (χ4n) is 5.17. The summed E-state index contributed by atoms with van der Waals surface area (Å²) in [6.45, 7) is 5.29. The first kappa shape index (κ1) is 28.5. The molecule has 2 fully saturated rings. The Kier molecular flexibility index (Phi) is 8.40. The van der Waals surface area contributed by atoms with E-state index in [4.69, 9.17) is 28.7 Å². The van der Waals surface area contributed by atoms with E-state index in [-0.39, 0.29) is 30.8 Å². The summed E-state index contributed by atoms with van der Waals surface area (Å²) >= 11 is 0. The van der Waals surface area contributed by atoms with E-state index in [1.165, 1.54) is 6.33 Å². The van der Waals surface area contributed by atoms with E-state index >= 15 is 0 Å². The van der Waals surface area contributed by atoms with Gasteiger partial charge >= 0.3 is 0 Å². The molecule has 0 amide bonds. The highest BCUT2D eigenvalue weighted by Crippen LogP contribution is 2.44. The van der Waals surface area contributed by atoms with Gasteiger partial charge in [-0.15, -0.1) is 0 Å². The van der Waals surface area contributed by atoms with Gasteiger partial charge in [0, 0.05) is 36.8 Å². The van der Waals surface area contributed by atoms with Crippen molar-refractivity contribution in [3.05, 3.63) is 48.1 Å². The molecule has 0 bridgehead atoms. The molecule has 2 N–H and O–H groups in total. The van der Waals surface area contributed by atoms with Gasteiger partial charge in [-0.25, -0.2) is 4.98 Å². The first-order valence-electron chi connectivity index (χ1n) is 14.5. The first-order valence-corrected chi connectivity index (χ1v) is 14.5. The Hall–Kier alpha value is -4.66. The molecule has 15 heteroatoms. The lowest BCUT2D eigenvalue weighted by Crippen LogP contribution is -2.34. The lowest BCUT2D eigenvalue weighted by atomic mass is 10.1. The summed E-state index contributed by atoms with van der Waals surface area (Å²) < 4.78 is 24.3. The highest BCUT2D eigenvalue weighted by molar-refractivity contribution is 5.84. The zero-order valence-corrected chi connectivity index (χ0v) is 23.8. The van der Waals surface area contributed by atoms with Gasteiger partial charge in [0.25, 0.3) is 18.8 Å². The number of anilines is 2. The van der Waals surface area contributed by atoms with E-state index in [9.17, 15) is 9.59 Å². The predicted octanol–water partition coefficient (Wildman–Crippen LogP) is 3.09. The van der Waals surface area contributed by atoms with E-state index in [2.05, 4.69) is 44.6 Å². The average molecular weight is 592 g/mol. The Morgan fingerprint density at radius 2 is 1.88 bits per heavy atom. The van der Waals surface area contributed by atoms with Crippen molar-refractivity contribution in [2.45, 2.75) is 82.5 Å². The molecule has 2 aliphatic rings. The van der Waals surface area contributed by atoms with Crippen molar-refractivity contribution >= 4 is 35.9 Å². The van der Waals surface area contributed by atoms with Gasteiger partial charge in [0.15, 0.2) is 47.3 Å². The predicted molar refractivity (Wildman–Crippen MR) is 151 cm³/mol. The van der Waals surface area contributed by atoms with Crippen LogP contribution in [0.25, 0.3) is 11.2 Å². The highest BCUT2D eigenvalue weighted by Gasteiger charge is 2.53. The van der Waals surface area contributed by atoms with Gasteiger partial charge in [0.2, 0.25) is 5.95 Å². The maximum Gasteiger partial charge on any atom is 0.293 e. The summed E-state index contributed by atoms with van der Waals surface area (Å²) in [7, 11) is 0. The number of nitrogens with one attached hydrogen (secondary N) is 2. The quantitative estimate of drug-likeness (QED) is 0.192. The van der Waals surface area contributed by atoms with E-state index in [1.807, 2.05) is 18.2 Å². The molecular formula is C28H33N9O6. The highest BCUT2D eigenvalue weighted by atomic mass is 16.6. The molecule has 1 saturated heterocycles.